The Hall–Kier alpha value is -2.74. The Labute approximate surface area is 145 Å². The Kier molecular flexibility index (Phi) is 6.64. The van der Waals surface area contributed by atoms with E-state index in [4.69, 9.17) is 4.74 Å². The van der Waals surface area contributed by atoms with Crippen LogP contribution in [0.5, 0.6) is 0 Å². The number of imide groups is 1. The van der Waals surface area contributed by atoms with Crippen molar-refractivity contribution in [1.82, 2.24) is 10.6 Å². The average Bonchev–Trinajstić information content (AvgIpc) is 2.63. The maximum Gasteiger partial charge on any atom is 0.340 e. The number of esters is 1. The van der Waals surface area contributed by atoms with Crippen LogP contribution in [0.4, 0.5) is 5.69 Å². The lowest BCUT2D eigenvalue weighted by Gasteiger charge is -2.21. The molecule has 0 aliphatic carbocycles. The lowest BCUT2D eigenvalue weighted by atomic mass is 9.97. The van der Waals surface area contributed by atoms with Gasteiger partial charge in [-0.15, -0.1) is 0 Å². The van der Waals surface area contributed by atoms with E-state index in [2.05, 4.69) is 16.0 Å². The number of ether oxygens (including phenoxy) is 1. The van der Waals surface area contributed by atoms with E-state index in [1.807, 2.05) is 0 Å². The summed E-state index contributed by atoms with van der Waals surface area (Å²) in [5.41, 5.74) is 0.283. The molecule has 2 rings (SSSR count). The van der Waals surface area contributed by atoms with Crippen LogP contribution < -0.4 is 16.0 Å². The van der Waals surface area contributed by atoms with Gasteiger partial charge < -0.3 is 15.4 Å². The van der Waals surface area contributed by atoms with Gasteiger partial charge in [0, 0.05) is 5.92 Å². The molecule has 8 heteroatoms. The van der Waals surface area contributed by atoms with Crippen LogP contribution in [0.1, 0.15) is 30.1 Å². The third-order valence-electron chi connectivity index (χ3n) is 3.82. The number of piperidine rings is 1. The Morgan fingerprint density at radius 2 is 1.80 bits per heavy atom. The molecular weight excluding hydrogens is 326 g/mol. The molecule has 3 N–H and O–H groups in total. The normalized spacial score (nSPS) is 14.4. The highest BCUT2D eigenvalue weighted by atomic mass is 16.5. The van der Waals surface area contributed by atoms with Gasteiger partial charge in [-0.3, -0.25) is 19.7 Å². The number of para-hydroxylation sites is 1. The minimum Gasteiger partial charge on any atom is -0.462 e. The minimum atomic E-state index is -1.05. The van der Waals surface area contributed by atoms with Gasteiger partial charge in [-0.2, -0.15) is 0 Å². The molecule has 134 valence electrons. The highest BCUT2D eigenvalue weighted by Crippen LogP contribution is 2.16. The van der Waals surface area contributed by atoms with Gasteiger partial charge in [-0.25, -0.2) is 4.79 Å². The van der Waals surface area contributed by atoms with Crippen molar-refractivity contribution in [3.05, 3.63) is 29.8 Å². The highest BCUT2D eigenvalue weighted by molar-refractivity contribution is 6.42. The Bertz CT molecular complexity index is 668. The monoisotopic (exact) mass is 347 g/mol. The van der Waals surface area contributed by atoms with Crippen LogP contribution in [0.15, 0.2) is 24.3 Å². The Morgan fingerprint density at radius 3 is 2.48 bits per heavy atom. The van der Waals surface area contributed by atoms with Crippen LogP contribution in [0.3, 0.4) is 0 Å². The lowest BCUT2D eigenvalue weighted by Crippen LogP contribution is -2.44. The molecule has 1 fully saturated rings. The first-order valence-corrected chi connectivity index (χ1v) is 8.16. The molecule has 0 atom stereocenters. The molecule has 1 heterocycles. The number of amides is 3. The summed E-state index contributed by atoms with van der Waals surface area (Å²) in [6.07, 6.45) is 1.23. The molecule has 1 aromatic rings. The maximum atomic E-state index is 12.0. The van der Waals surface area contributed by atoms with Gasteiger partial charge in [0.15, 0.2) is 0 Å². The van der Waals surface area contributed by atoms with Crippen molar-refractivity contribution >= 4 is 29.4 Å². The summed E-state index contributed by atoms with van der Waals surface area (Å²) in [6.45, 7) is 3.25. The number of hydrogen-bond acceptors (Lipinski definition) is 6. The van der Waals surface area contributed by atoms with E-state index in [0.29, 0.717) is 25.9 Å². The van der Waals surface area contributed by atoms with Crippen LogP contribution in [-0.4, -0.2) is 43.4 Å². The number of nitrogens with one attached hydrogen (secondary N) is 3. The topological polar surface area (TPSA) is 114 Å². The molecule has 0 bridgehead atoms. The summed E-state index contributed by atoms with van der Waals surface area (Å²) in [6, 6.07) is 6.18. The van der Waals surface area contributed by atoms with Gasteiger partial charge in [0.1, 0.15) is 0 Å². The van der Waals surface area contributed by atoms with Gasteiger partial charge in [0.25, 0.3) is 0 Å². The van der Waals surface area contributed by atoms with Gasteiger partial charge in [-0.1, -0.05) is 12.1 Å². The summed E-state index contributed by atoms with van der Waals surface area (Å²) in [5.74, 6) is -3.42. The zero-order valence-electron chi connectivity index (χ0n) is 14.0. The van der Waals surface area contributed by atoms with Crippen molar-refractivity contribution in [3.8, 4) is 0 Å². The molecule has 0 unspecified atom stereocenters. The van der Waals surface area contributed by atoms with E-state index < -0.39 is 23.7 Å². The second kappa shape index (κ2) is 8.93. The molecule has 1 saturated heterocycles. The van der Waals surface area contributed by atoms with Crippen LogP contribution in [0.25, 0.3) is 0 Å². The predicted molar refractivity (Wildman–Crippen MR) is 89.8 cm³/mol. The molecule has 25 heavy (non-hydrogen) atoms. The smallest absolute Gasteiger partial charge is 0.340 e. The average molecular weight is 347 g/mol. The predicted octanol–water partition coefficient (Wildman–Crippen LogP) is 0.444. The van der Waals surface area contributed by atoms with E-state index >= 15 is 0 Å². The summed E-state index contributed by atoms with van der Waals surface area (Å²) in [5, 5.41) is 7.57. The van der Waals surface area contributed by atoms with E-state index in [1.165, 1.54) is 12.1 Å². The molecule has 0 saturated carbocycles. The molecule has 8 nitrogen and oxygen atoms in total. The van der Waals surface area contributed by atoms with Gasteiger partial charge in [-0.05, 0) is 45.0 Å². The summed E-state index contributed by atoms with van der Waals surface area (Å²) in [7, 11) is 0. The first kappa shape index (κ1) is 18.6. The van der Waals surface area contributed by atoms with Gasteiger partial charge >= 0.3 is 17.8 Å². The zero-order chi connectivity index (χ0) is 18.2. The minimum absolute atomic E-state index is 0.134. The Balaban J connectivity index is 1.98. The van der Waals surface area contributed by atoms with Gasteiger partial charge in [0.2, 0.25) is 5.91 Å². The molecular formula is C17H21N3O5. The summed E-state index contributed by atoms with van der Waals surface area (Å²) in [4.78, 5) is 47.8. The molecule has 0 radical (unpaired) electrons. The van der Waals surface area contributed by atoms with Crippen LogP contribution >= 0.6 is 0 Å². The fourth-order valence-electron chi connectivity index (χ4n) is 2.51. The molecule has 3 amide bonds. The van der Waals surface area contributed by atoms with E-state index in [1.54, 1.807) is 19.1 Å². The van der Waals surface area contributed by atoms with Crippen LogP contribution in [0.2, 0.25) is 0 Å². The number of anilines is 1. The first-order chi connectivity index (χ1) is 12.0. The second-order valence-electron chi connectivity index (χ2n) is 5.56. The molecule has 0 aromatic heterocycles. The SMILES string of the molecule is CCOC(=O)c1ccccc1NC(=O)C(=O)NC(=O)C1CCNCC1. The Morgan fingerprint density at radius 1 is 1.12 bits per heavy atom. The van der Waals surface area contributed by atoms with Crippen molar-refractivity contribution < 1.29 is 23.9 Å². The number of hydrogen-bond donors (Lipinski definition) is 3. The molecule has 1 aliphatic rings. The van der Waals surface area contributed by atoms with Gasteiger partial charge in [0.05, 0.1) is 17.9 Å². The van der Waals surface area contributed by atoms with Crippen LogP contribution in [-0.2, 0) is 19.1 Å². The van der Waals surface area contributed by atoms with Crippen molar-refractivity contribution in [1.29, 1.82) is 0 Å². The largest absolute Gasteiger partial charge is 0.462 e. The lowest BCUT2D eigenvalue weighted by molar-refractivity contribution is -0.141. The second-order valence-corrected chi connectivity index (χ2v) is 5.56. The molecule has 1 aliphatic heterocycles. The number of rotatable bonds is 4. The van der Waals surface area contributed by atoms with E-state index in [0.717, 1.165) is 0 Å². The fraction of sp³-hybridized carbons (Fsp3) is 0.412. The van der Waals surface area contributed by atoms with Crippen molar-refractivity contribution in [2.24, 2.45) is 5.92 Å². The first-order valence-electron chi connectivity index (χ1n) is 8.16. The number of carbonyl (C=O) groups excluding carboxylic acids is 4. The fourth-order valence-corrected chi connectivity index (χ4v) is 2.51. The summed E-state index contributed by atoms with van der Waals surface area (Å²) < 4.78 is 4.90. The van der Waals surface area contributed by atoms with Crippen molar-refractivity contribution in [2.75, 3.05) is 25.0 Å². The number of carbonyl (C=O) groups is 4. The van der Waals surface area contributed by atoms with E-state index in [9.17, 15) is 19.2 Å². The van der Waals surface area contributed by atoms with E-state index in [-0.39, 0.29) is 23.8 Å². The summed E-state index contributed by atoms with van der Waals surface area (Å²) >= 11 is 0. The zero-order valence-corrected chi connectivity index (χ0v) is 14.0. The third kappa shape index (κ3) is 5.12. The standard InChI is InChI=1S/C17H21N3O5/c1-2-25-17(24)12-5-3-4-6-13(12)19-15(22)16(23)20-14(21)11-7-9-18-10-8-11/h3-6,11,18H,2,7-10H2,1H3,(H,19,22)(H,20,21,23). The maximum absolute atomic E-state index is 12.0. The van der Waals surface area contributed by atoms with Crippen molar-refractivity contribution in [3.63, 3.8) is 0 Å². The third-order valence-corrected chi connectivity index (χ3v) is 3.82. The number of benzene rings is 1. The molecule has 0 spiro atoms. The van der Waals surface area contributed by atoms with Crippen molar-refractivity contribution in [2.45, 2.75) is 19.8 Å². The quantitative estimate of drug-likeness (QED) is 0.538. The molecule has 1 aromatic carbocycles. The highest BCUT2D eigenvalue weighted by Gasteiger charge is 2.25. The van der Waals surface area contributed by atoms with Crippen LogP contribution in [0, 0.1) is 5.92 Å².